The van der Waals surface area contributed by atoms with Crippen molar-refractivity contribution in [2.45, 2.75) is 10.6 Å². The fourth-order valence-corrected chi connectivity index (χ4v) is 6.41. The topological polar surface area (TPSA) is 91.2 Å². The summed E-state index contributed by atoms with van der Waals surface area (Å²) in [5, 5.41) is 8.19. The van der Waals surface area contributed by atoms with Gasteiger partial charge >= 0.3 is 0 Å². The number of rotatable bonds is 6. The van der Waals surface area contributed by atoms with E-state index in [1.165, 1.54) is 11.3 Å². The maximum Gasteiger partial charge on any atom is 0.234 e. The van der Waals surface area contributed by atoms with Crippen LogP contribution in [-0.2, 0) is 15.9 Å². The second-order valence-electron chi connectivity index (χ2n) is 5.99. The van der Waals surface area contributed by atoms with Crippen LogP contribution in [0.5, 0.6) is 0 Å². The van der Waals surface area contributed by atoms with E-state index >= 15 is 0 Å². The summed E-state index contributed by atoms with van der Waals surface area (Å²) in [6.45, 7) is 0.600. The Balaban J connectivity index is 1.75. The standard InChI is InChI=1S/C17H15N5O2S3/c1-24-4-2-6-27(23)17-14-13-10(12-8-18-9-22(12)21-14)7-11(20-16(13)26-17)15-19-3-5-25-15/h3,5,7-9,21H,2,4,6H2,1H3. The largest absolute Gasteiger partial charge is 0.611 e. The zero-order valence-electron chi connectivity index (χ0n) is 14.3. The Hall–Kier alpha value is -1.98. The van der Waals surface area contributed by atoms with Gasteiger partial charge in [-0.2, -0.15) is 0 Å². The fraction of sp³-hybridized carbons (Fsp3) is 0.235. The molecule has 0 amide bonds. The van der Waals surface area contributed by atoms with Crippen molar-refractivity contribution < 1.29 is 9.29 Å². The number of imidazole rings is 1. The van der Waals surface area contributed by atoms with Gasteiger partial charge in [-0.05, 0) is 17.2 Å². The van der Waals surface area contributed by atoms with Crippen LogP contribution in [0.25, 0.3) is 37.3 Å². The number of hydrogen-bond donors (Lipinski definition) is 1. The molecule has 1 N–H and O–H groups in total. The lowest BCUT2D eigenvalue weighted by Crippen LogP contribution is -2.08. The molecular formula is C17H15N5O2S3. The van der Waals surface area contributed by atoms with Crippen LogP contribution in [0.4, 0.5) is 0 Å². The van der Waals surface area contributed by atoms with Gasteiger partial charge < -0.3 is 9.29 Å². The molecule has 27 heavy (non-hydrogen) atoms. The predicted molar refractivity (Wildman–Crippen MR) is 109 cm³/mol. The van der Waals surface area contributed by atoms with E-state index in [1.807, 2.05) is 22.2 Å². The number of thiophene rings is 1. The van der Waals surface area contributed by atoms with E-state index < -0.39 is 11.2 Å². The van der Waals surface area contributed by atoms with Gasteiger partial charge in [0.1, 0.15) is 33.1 Å². The molecule has 138 valence electrons. The Morgan fingerprint density at radius 3 is 3.15 bits per heavy atom. The Morgan fingerprint density at radius 2 is 2.33 bits per heavy atom. The van der Waals surface area contributed by atoms with Gasteiger partial charge in [0.15, 0.2) is 0 Å². The first kappa shape index (κ1) is 17.1. The average molecular weight is 418 g/mol. The number of thiazole rings is 1. The molecule has 7 nitrogen and oxygen atoms in total. The van der Waals surface area contributed by atoms with E-state index in [2.05, 4.69) is 15.1 Å². The molecule has 5 rings (SSSR count). The summed E-state index contributed by atoms with van der Waals surface area (Å²) < 4.78 is 20.7. The summed E-state index contributed by atoms with van der Waals surface area (Å²) in [5.74, 6) is 0.556. The summed E-state index contributed by atoms with van der Waals surface area (Å²) in [6.07, 6.45) is 6.07. The Kier molecular flexibility index (Phi) is 4.37. The minimum absolute atomic E-state index is 0.556. The zero-order valence-corrected chi connectivity index (χ0v) is 16.8. The van der Waals surface area contributed by atoms with Crippen LogP contribution in [0.1, 0.15) is 6.42 Å². The van der Waals surface area contributed by atoms with Crippen molar-refractivity contribution in [2.75, 3.05) is 19.5 Å². The number of aromatic amines is 1. The maximum absolute atomic E-state index is 12.9. The van der Waals surface area contributed by atoms with Crippen LogP contribution in [0, 0.1) is 0 Å². The van der Waals surface area contributed by atoms with Crippen molar-refractivity contribution >= 4 is 60.5 Å². The third kappa shape index (κ3) is 2.84. The number of nitrogens with one attached hydrogen (secondary N) is 1. The van der Waals surface area contributed by atoms with Gasteiger partial charge in [0.25, 0.3) is 0 Å². The molecule has 5 heterocycles. The van der Waals surface area contributed by atoms with Crippen molar-refractivity contribution in [1.82, 2.24) is 24.6 Å². The zero-order chi connectivity index (χ0) is 18.4. The molecular weight excluding hydrogens is 402 g/mol. The van der Waals surface area contributed by atoms with Crippen molar-refractivity contribution in [2.24, 2.45) is 0 Å². The normalized spacial score (nSPS) is 13.3. The first-order valence-corrected chi connectivity index (χ1v) is 11.3. The third-order valence-corrected chi connectivity index (χ3v) is 8.07. The minimum atomic E-state index is -1.12. The van der Waals surface area contributed by atoms with Crippen molar-refractivity contribution in [3.05, 3.63) is 30.2 Å². The summed E-state index contributed by atoms with van der Waals surface area (Å²) in [5.41, 5.74) is 2.65. The lowest BCUT2D eigenvalue weighted by molar-refractivity contribution is 0.199. The quantitative estimate of drug-likeness (QED) is 0.336. The number of methoxy groups -OCH3 is 1. The first-order chi connectivity index (χ1) is 13.3. The number of fused-ring (bicyclic) bond motifs is 2. The Labute approximate surface area is 165 Å². The van der Waals surface area contributed by atoms with Crippen LogP contribution >= 0.6 is 22.7 Å². The van der Waals surface area contributed by atoms with Crippen molar-refractivity contribution in [3.8, 4) is 10.7 Å². The number of aromatic nitrogens is 5. The average Bonchev–Trinajstić information content (AvgIpc) is 3.42. The maximum atomic E-state index is 12.9. The van der Waals surface area contributed by atoms with E-state index in [9.17, 15) is 4.55 Å². The lowest BCUT2D eigenvalue weighted by atomic mass is 10.1. The minimum Gasteiger partial charge on any atom is -0.611 e. The highest BCUT2D eigenvalue weighted by atomic mass is 32.2. The van der Waals surface area contributed by atoms with Gasteiger partial charge in [-0.1, -0.05) is 11.3 Å². The second kappa shape index (κ2) is 6.88. The molecule has 10 heteroatoms. The van der Waals surface area contributed by atoms with Gasteiger partial charge in [-0.25, -0.2) is 19.5 Å². The molecule has 5 aromatic rings. The molecule has 0 fully saturated rings. The van der Waals surface area contributed by atoms with Crippen LogP contribution in [0.15, 0.2) is 34.4 Å². The summed E-state index contributed by atoms with van der Waals surface area (Å²) >= 11 is 1.92. The molecule has 0 aliphatic heterocycles. The number of H-pyrrole nitrogens is 1. The SMILES string of the molecule is COCCC[S+]([O-])c1sc2nc(-c3nccs3)cc3c2c1[nH]n1cncc31. The van der Waals surface area contributed by atoms with Crippen molar-refractivity contribution in [3.63, 3.8) is 0 Å². The van der Waals surface area contributed by atoms with Crippen LogP contribution < -0.4 is 0 Å². The molecule has 5 aromatic heterocycles. The van der Waals surface area contributed by atoms with Gasteiger partial charge in [0.2, 0.25) is 4.21 Å². The first-order valence-electron chi connectivity index (χ1n) is 8.30. The van der Waals surface area contributed by atoms with Crippen LogP contribution in [-0.4, -0.2) is 48.6 Å². The van der Waals surface area contributed by atoms with Gasteiger partial charge in [0, 0.05) is 30.5 Å². The highest BCUT2D eigenvalue weighted by Gasteiger charge is 2.25. The Morgan fingerprint density at radius 1 is 1.41 bits per heavy atom. The van der Waals surface area contributed by atoms with Gasteiger partial charge in [-0.3, -0.25) is 5.10 Å². The number of nitrogens with zero attached hydrogens (tertiary/aromatic N) is 4. The Bertz CT molecular complexity index is 1220. The molecule has 0 saturated heterocycles. The molecule has 0 radical (unpaired) electrons. The molecule has 0 aliphatic carbocycles. The smallest absolute Gasteiger partial charge is 0.234 e. The van der Waals surface area contributed by atoms with E-state index in [0.29, 0.717) is 12.4 Å². The van der Waals surface area contributed by atoms with E-state index in [1.54, 1.807) is 31.0 Å². The van der Waals surface area contributed by atoms with Crippen LogP contribution in [0.2, 0.25) is 0 Å². The van der Waals surface area contributed by atoms with E-state index in [0.717, 1.165) is 48.0 Å². The van der Waals surface area contributed by atoms with Crippen LogP contribution in [0.3, 0.4) is 0 Å². The highest BCUT2D eigenvalue weighted by Crippen LogP contribution is 2.40. The molecule has 0 bridgehead atoms. The number of pyridine rings is 1. The van der Waals surface area contributed by atoms with Gasteiger partial charge in [-0.15, -0.1) is 11.3 Å². The van der Waals surface area contributed by atoms with Crippen molar-refractivity contribution in [1.29, 1.82) is 0 Å². The highest BCUT2D eigenvalue weighted by molar-refractivity contribution is 7.93. The molecule has 1 unspecified atom stereocenters. The third-order valence-electron chi connectivity index (χ3n) is 4.31. The summed E-state index contributed by atoms with van der Waals surface area (Å²) in [7, 11) is 1.66. The lowest BCUT2D eigenvalue weighted by Gasteiger charge is -2.09. The second-order valence-corrected chi connectivity index (χ2v) is 9.65. The molecule has 0 spiro atoms. The molecule has 0 aromatic carbocycles. The predicted octanol–water partition coefficient (Wildman–Crippen LogP) is 3.69. The summed E-state index contributed by atoms with van der Waals surface area (Å²) in [4.78, 5) is 14.3. The monoisotopic (exact) mass is 417 g/mol. The number of hydrogen-bond acceptors (Lipinski definition) is 7. The molecule has 1 atom stereocenters. The molecule has 0 aliphatic rings. The number of ether oxygens (including phenoxy) is 1. The van der Waals surface area contributed by atoms with E-state index in [4.69, 9.17) is 9.72 Å². The summed E-state index contributed by atoms with van der Waals surface area (Å²) in [6, 6.07) is 2.05. The van der Waals surface area contributed by atoms with E-state index in [-0.39, 0.29) is 0 Å². The molecule has 0 saturated carbocycles. The fourth-order valence-electron chi connectivity index (χ4n) is 3.13. The van der Waals surface area contributed by atoms with Gasteiger partial charge in [0.05, 0.1) is 23.7 Å².